The van der Waals surface area contributed by atoms with E-state index in [1.807, 2.05) is 52.0 Å². The normalized spacial score (nSPS) is 13.8. The van der Waals surface area contributed by atoms with E-state index in [0.717, 1.165) is 21.1 Å². The van der Waals surface area contributed by atoms with Crippen molar-refractivity contribution in [2.45, 2.75) is 46.6 Å². The standard InChI is InChI=1S/C19H26N2O2S/c1-12(2)19(5,23)11-20-17(22)10-16-18(21-14(4)24-16)15-8-6-13(3)7-9-15/h6-9,12,23H,10-11H2,1-5H3,(H,20,22). The van der Waals surface area contributed by atoms with E-state index in [1.54, 1.807) is 18.3 Å². The molecule has 1 aromatic carbocycles. The number of aryl methyl sites for hydroxylation is 2. The van der Waals surface area contributed by atoms with Crippen molar-refractivity contribution >= 4 is 17.2 Å². The monoisotopic (exact) mass is 346 g/mol. The Morgan fingerprint density at radius 1 is 1.29 bits per heavy atom. The van der Waals surface area contributed by atoms with Crippen LogP contribution in [0.5, 0.6) is 0 Å². The maximum atomic E-state index is 12.3. The third-order valence-corrected chi connectivity index (χ3v) is 5.31. The topological polar surface area (TPSA) is 62.2 Å². The van der Waals surface area contributed by atoms with E-state index >= 15 is 0 Å². The Morgan fingerprint density at radius 3 is 2.50 bits per heavy atom. The van der Waals surface area contributed by atoms with Crippen molar-refractivity contribution < 1.29 is 9.90 Å². The molecular weight excluding hydrogens is 320 g/mol. The van der Waals surface area contributed by atoms with Gasteiger partial charge in [-0.25, -0.2) is 4.98 Å². The van der Waals surface area contributed by atoms with Crippen LogP contribution < -0.4 is 5.32 Å². The van der Waals surface area contributed by atoms with Crippen LogP contribution in [-0.2, 0) is 11.2 Å². The molecule has 2 rings (SSSR count). The average molecular weight is 346 g/mol. The quantitative estimate of drug-likeness (QED) is 0.841. The highest BCUT2D eigenvalue weighted by Gasteiger charge is 2.25. The summed E-state index contributed by atoms with van der Waals surface area (Å²) in [6, 6.07) is 8.17. The van der Waals surface area contributed by atoms with Crippen LogP contribution in [0.1, 0.15) is 36.2 Å². The summed E-state index contributed by atoms with van der Waals surface area (Å²) < 4.78 is 0. The van der Waals surface area contributed by atoms with Crippen molar-refractivity contribution in [1.82, 2.24) is 10.3 Å². The maximum absolute atomic E-state index is 12.3. The van der Waals surface area contributed by atoms with Crippen molar-refractivity contribution in [3.8, 4) is 11.3 Å². The molecule has 0 aliphatic rings. The minimum Gasteiger partial charge on any atom is -0.388 e. The molecule has 4 nitrogen and oxygen atoms in total. The zero-order chi connectivity index (χ0) is 17.9. The molecule has 0 spiro atoms. The fraction of sp³-hybridized carbons (Fsp3) is 0.474. The number of hydrogen-bond acceptors (Lipinski definition) is 4. The Morgan fingerprint density at radius 2 is 1.92 bits per heavy atom. The molecule has 0 saturated carbocycles. The molecule has 2 aromatic rings. The van der Waals surface area contributed by atoms with Gasteiger partial charge in [-0.3, -0.25) is 4.79 Å². The summed E-state index contributed by atoms with van der Waals surface area (Å²) in [4.78, 5) is 17.8. The smallest absolute Gasteiger partial charge is 0.225 e. The summed E-state index contributed by atoms with van der Waals surface area (Å²) >= 11 is 1.55. The molecule has 1 atom stereocenters. The number of nitrogens with one attached hydrogen (secondary N) is 1. The van der Waals surface area contributed by atoms with Gasteiger partial charge >= 0.3 is 0 Å². The van der Waals surface area contributed by atoms with Gasteiger partial charge in [-0.15, -0.1) is 11.3 Å². The molecule has 0 aliphatic heterocycles. The molecule has 0 fully saturated rings. The van der Waals surface area contributed by atoms with Gasteiger partial charge in [-0.1, -0.05) is 43.7 Å². The molecule has 1 unspecified atom stereocenters. The molecule has 1 amide bonds. The summed E-state index contributed by atoms with van der Waals surface area (Å²) in [7, 11) is 0. The number of carbonyl (C=O) groups excluding carboxylic acids is 1. The molecule has 0 aliphatic carbocycles. The number of rotatable bonds is 6. The molecule has 0 bridgehead atoms. The number of carbonyl (C=O) groups is 1. The van der Waals surface area contributed by atoms with E-state index in [1.165, 1.54) is 5.56 Å². The molecule has 0 radical (unpaired) electrons. The van der Waals surface area contributed by atoms with Gasteiger partial charge in [0.25, 0.3) is 0 Å². The van der Waals surface area contributed by atoms with Gasteiger partial charge < -0.3 is 10.4 Å². The molecule has 5 heteroatoms. The summed E-state index contributed by atoms with van der Waals surface area (Å²) in [5.74, 6) is -0.0143. The van der Waals surface area contributed by atoms with E-state index in [4.69, 9.17) is 0 Å². The van der Waals surface area contributed by atoms with Crippen molar-refractivity contribution in [3.05, 3.63) is 39.7 Å². The first-order valence-corrected chi connectivity index (χ1v) is 9.03. The van der Waals surface area contributed by atoms with Crippen LogP contribution in [0.3, 0.4) is 0 Å². The lowest BCUT2D eigenvalue weighted by Crippen LogP contribution is -2.44. The maximum Gasteiger partial charge on any atom is 0.225 e. The third-order valence-electron chi connectivity index (χ3n) is 4.34. The number of thiazole rings is 1. The first kappa shape index (κ1) is 18.6. The van der Waals surface area contributed by atoms with E-state index in [9.17, 15) is 9.90 Å². The summed E-state index contributed by atoms with van der Waals surface area (Å²) in [5, 5.41) is 14.0. The van der Waals surface area contributed by atoms with Gasteiger partial charge in [0.1, 0.15) is 0 Å². The first-order valence-electron chi connectivity index (χ1n) is 8.21. The van der Waals surface area contributed by atoms with Crippen LogP contribution in [0.2, 0.25) is 0 Å². The van der Waals surface area contributed by atoms with Crippen LogP contribution in [0.25, 0.3) is 11.3 Å². The number of benzene rings is 1. The Kier molecular flexibility index (Phi) is 5.78. The van der Waals surface area contributed by atoms with Crippen molar-refractivity contribution in [1.29, 1.82) is 0 Å². The first-order chi connectivity index (χ1) is 11.2. The number of aliphatic hydroxyl groups is 1. The summed E-state index contributed by atoms with van der Waals surface area (Å²) in [6.07, 6.45) is 0.281. The van der Waals surface area contributed by atoms with Crippen molar-refractivity contribution in [2.24, 2.45) is 5.92 Å². The van der Waals surface area contributed by atoms with E-state index < -0.39 is 5.60 Å². The van der Waals surface area contributed by atoms with Gasteiger partial charge in [0, 0.05) is 17.0 Å². The summed E-state index contributed by atoms with van der Waals surface area (Å²) in [5.41, 5.74) is 2.20. The van der Waals surface area contributed by atoms with Crippen LogP contribution in [0.15, 0.2) is 24.3 Å². The van der Waals surface area contributed by atoms with Gasteiger partial charge in [-0.2, -0.15) is 0 Å². The Labute approximate surface area is 148 Å². The van der Waals surface area contributed by atoms with E-state index in [-0.39, 0.29) is 24.8 Å². The Hall–Kier alpha value is -1.72. The molecule has 24 heavy (non-hydrogen) atoms. The van der Waals surface area contributed by atoms with Crippen LogP contribution >= 0.6 is 11.3 Å². The molecule has 1 heterocycles. The van der Waals surface area contributed by atoms with Crippen molar-refractivity contribution in [2.75, 3.05) is 6.54 Å². The lowest BCUT2D eigenvalue weighted by Gasteiger charge is -2.27. The van der Waals surface area contributed by atoms with Gasteiger partial charge in [-0.05, 0) is 26.7 Å². The Balaban J connectivity index is 2.10. The zero-order valence-corrected chi connectivity index (χ0v) is 15.8. The second-order valence-electron chi connectivity index (χ2n) is 6.84. The highest BCUT2D eigenvalue weighted by atomic mass is 32.1. The number of amides is 1. The predicted octanol–water partition coefficient (Wildman–Crippen LogP) is 3.49. The van der Waals surface area contributed by atoms with Gasteiger partial charge in [0.2, 0.25) is 5.91 Å². The van der Waals surface area contributed by atoms with Gasteiger partial charge in [0.15, 0.2) is 0 Å². The molecular formula is C19H26N2O2S. The SMILES string of the molecule is Cc1ccc(-c2nc(C)sc2CC(=O)NCC(C)(O)C(C)C)cc1. The van der Waals surface area contributed by atoms with Crippen molar-refractivity contribution in [3.63, 3.8) is 0 Å². The van der Waals surface area contributed by atoms with Gasteiger partial charge in [0.05, 0.1) is 22.7 Å². The minimum absolute atomic E-state index is 0.0755. The van der Waals surface area contributed by atoms with E-state index in [2.05, 4.69) is 10.3 Å². The number of nitrogens with zero attached hydrogens (tertiary/aromatic N) is 1. The average Bonchev–Trinajstić information content (AvgIpc) is 2.86. The lowest BCUT2D eigenvalue weighted by atomic mass is 9.92. The van der Waals surface area contributed by atoms with Crippen LogP contribution in [0, 0.1) is 19.8 Å². The van der Waals surface area contributed by atoms with Crippen LogP contribution in [0.4, 0.5) is 0 Å². The van der Waals surface area contributed by atoms with Crippen LogP contribution in [-0.4, -0.2) is 28.1 Å². The highest BCUT2D eigenvalue weighted by molar-refractivity contribution is 7.12. The lowest BCUT2D eigenvalue weighted by molar-refractivity contribution is -0.121. The Bertz CT molecular complexity index is 703. The predicted molar refractivity (Wildman–Crippen MR) is 99.2 cm³/mol. The molecule has 130 valence electrons. The van der Waals surface area contributed by atoms with E-state index in [0.29, 0.717) is 0 Å². The highest BCUT2D eigenvalue weighted by Crippen LogP contribution is 2.28. The number of hydrogen-bond donors (Lipinski definition) is 2. The second kappa shape index (κ2) is 7.45. The summed E-state index contributed by atoms with van der Waals surface area (Å²) in [6.45, 7) is 9.87. The molecule has 2 N–H and O–H groups in total. The largest absolute Gasteiger partial charge is 0.388 e. The minimum atomic E-state index is -0.904. The fourth-order valence-corrected chi connectivity index (χ4v) is 3.17. The number of aromatic nitrogens is 1. The second-order valence-corrected chi connectivity index (χ2v) is 8.12. The molecule has 0 saturated heterocycles. The fourth-order valence-electron chi connectivity index (χ4n) is 2.22. The molecule has 1 aromatic heterocycles. The zero-order valence-electron chi connectivity index (χ0n) is 15.0. The third kappa shape index (κ3) is 4.65.